The fraction of sp³-hybridized carbons (Fsp3) is 0.750. The van der Waals surface area contributed by atoms with E-state index in [2.05, 4.69) is 46.5 Å². The lowest BCUT2D eigenvalue weighted by Gasteiger charge is -2.20. The van der Waals surface area contributed by atoms with Crippen molar-refractivity contribution < 1.29 is 0 Å². The van der Waals surface area contributed by atoms with Crippen LogP contribution in [0.15, 0.2) is 5.38 Å². The molecule has 0 aliphatic carbocycles. The number of nitrogens with zero attached hydrogens (tertiary/aromatic N) is 3. The fourth-order valence-electron chi connectivity index (χ4n) is 1.67. The first-order valence-electron chi connectivity index (χ1n) is 6.16. The highest BCUT2D eigenvalue weighted by Crippen LogP contribution is 2.20. The van der Waals surface area contributed by atoms with Gasteiger partial charge in [-0.25, -0.2) is 4.98 Å². The molecule has 1 aromatic heterocycles. The van der Waals surface area contributed by atoms with E-state index in [4.69, 9.17) is 0 Å². The Labute approximate surface area is 109 Å². The molecular formula is C12H24N4S. The standard InChI is InChI=1S/C12H24N4S/c1-5-16(8-6-7-15(3)4)12-14-11(9-13-2)10-17-12/h10,13H,5-9H2,1-4H3. The van der Waals surface area contributed by atoms with Gasteiger partial charge >= 0.3 is 0 Å². The quantitative estimate of drug-likeness (QED) is 0.766. The van der Waals surface area contributed by atoms with Gasteiger partial charge in [0.1, 0.15) is 0 Å². The first kappa shape index (κ1) is 14.4. The van der Waals surface area contributed by atoms with Gasteiger partial charge in [0.2, 0.25) is 0 Å². The predicted molar refractivity (Wildman–Crippen MR) is 75.9 cm³/mol. The summed E-state index contributed by atoms with van der Waals surface area (Å²) in [5.74, 6) is 0. The molecule has 1 N–H and O–H groups in total. The molecule has 0 spiro atoms. The minimum absolute atomic E-state index is 0.853. The summed E-state index contributed by atoms with van der Waals surface area (Å²) in [5, 5.41) is 6.42. The largest absolute Gasteiger partial charge is 0.348 e. The van der Waals surface area contributed by atoms with Gasteiger partial charge < -0.3 is 15.1 Å². The highest BCUT2D eigenvalue weighted by molar-refractivity contribution is 7.13. The van der Waals surface area contributed by atoms with Gasteiger partial charge in [0.25, 0.3) is 0 Å². The topological polar surface area (TPSA) is 31.4 Å². The highest BCUT2D eigenvalue weighted by Gasteiger charge is 2.08. The Morgan fingerprint density at radius 1 is 1.35 bits per heavy atom. The van der Waals surface area contributed by atoms with Crippen LogP contribution in [0.25, 0.3) is 0 Å². The molecule has 0 unspecified atom stereocenters. The third-order valence-electron chi connectivity index (χ3n) is 2.58. The van der Waals surface area contributed by atoms with E-state index in [1.54, 1.807) is 11.3 Å². The molecule has 17 heavy (non-hydrogen) atoms. The van der Waals surface area contributed by atoms with Crippen LogP contribution in [0.3, 0.4) is 0 Å². The van der Waals surface area contributed by atoms with Gasteiger partial charge in [0, 0.05) is 25.0 Å². The molecule has 0 atom stereocenters. The van der Waals surface area contributed by atoms with Crippen molar-refractivity contribution in [3.8, 4) is 0 Å². The number of thiazole rings is 1. The molecule has 0 aromatic carbocycles. The molecule has 0 saturated carbocycles. The molecular weight excluding hydrogens is 232 g/mol. The summed E-state index contributed by atoms with van der Waals surface area (Å²) in [5.41, 5.74) is 1.14. The smallest absolute Gasteiger partial charge is 0.185 e. The normalized spacial score (nSPS) is 11.1. The van der Waals surface area contributed by atoms with Crippen LogP contribution in [0.4, 0.5) is 5.13 Å². The van der Waals surface area contributed by atoms with Crippen LogP contribution in [-0.4, -0.2) is 50.7 Å². The van der Waals surface area contributed by atoms with Crippen LogP contribution in [0.2, 0.25) is 0 Å². The number of nitrogens with one attached hydrogen (secondary N) is 1. The van der Waals surface area contributed by atoms with Gasteiger partial charge in [-0.15, -0.1) is 11.3 Å². The van der Waals surface area contributed by atoms with Crippen molar-refractivity contribution >= 4 is 16.5 Å². The zero-order chi connectivity index (χ0) is 12.7. The van der Waals surface area contributed by atoms with E-state index in [9.17, 15) is 0 Å². The van der Waals surface area contributed by atoms with Crippen molar-refractivity contribution in [2.24, 2.45) is 0 Å². The van der Waals surface area contributed by atoms with Crippen molar-refractivity contribution in [1.82, 2.24) is 15.2 Å². The molecule has 0 fully saturated rings. The number of hydrogen-bond donors (Lipinski definition) is 1. The van der Waals surface area contributed by atoms with E-state index in [-0.39, 0.29) is 0 Å². The lowest BCUT2D eigenvalue weighted by atomic mass is 10.4. The third kappa shape index (κ3) is 5.02. The minimum Gasteiger partial charge on any atom is -0.348 e. The van der Waals surface area contributed by atoms with E-state index in [1.807, 2.05) is 7.05 Å². The molecule has 5 heteroatoms. The maximum atomic E-state index is 4.64. The van der Waals surface area contributed by atoms with Gasteiger partial charge in [0.05, 0.1) is 5.69 Å². The van der Waals surface area contributed by atoms with Gasteiger partial charge in [-0.1, -0.05) is 0 Å². The number of rotatable bonds is 8. The third-order valence-corrected chi connectivity index (χ3v) is 3.53. The van der Waals surface area contributed by atoms with Gasteiger partial charge in [-0.2, -0.15) is 0 Å². The molecule has 1 rings (SSSR count). The average Bonchev–Trinajstić information content (AvgIpc) is 2.73. The molecule has 0 amide bonds. The Balaban J connectivity index is 2.47. The zero-order valence-electron chi connectivity index (χ0n) is 11.4. The van der Waals surface area contributed by atoms with E-state index < -0.39 is 0 Å². The van der Waals surface area contributed by atoms with Gasteiger partial charge in [-0.3, -0.25) is 0 Å². The lowest BCUT2D eigenvalue weighted by molar-refractivity contribution is 0.400. The summed E-state index contributed by atoms with van der Waals surface area (Å²) < 4.78 is 0. The summed E-state index contributed by atoms with van der Waals surface area (Å²) in [7, 11) is 6.18. The Kier molecular flexibility index (Phi) is 6.47. The summed E-state index contributed by atoms with van der Waals surface area (Å²) in [6, 6.07) is 0. The van der Waals surface area contributed by atoms with Crippen molar-refractivity contribution in [2.75, 3.05) is 45.7 Å². The van der Waals surface area contributed by atoms with E-state index in [1.165, 1.54) is 6.42 Å². The second kappa shape index (κ2) is 7.63. The Morgan fingerprint density at radius 2 is 2.12 bits per heavy atom. The molecule has 0 aliphatic heterocycles. The van der Waals surface area contributed by atoms with Crippen molar-refractivity contribution in [3.63, 3.8) is 0 Å². The maximum Gasteiger partial charge on any atom is 0.185 e. The molecule has 0 radical (unpaired) electrons. The predicted octanol–water partition coefficient (Wildman–Crippen LogP) is 1.64. The SMILES string of the molecule is CCN(CCCN(C)C)c1nc(CNC)cs1. The van der Waals surface area contributed by atoms with Gasteiger partial charge in [-0.05, 0) is 41.0 Å². The maximum absolute atomic E-state index is 4.64. The fourth-order valence-corrected chi connectivity index (χ4v) is 2.59. The van der Waals surface area contributed by atoms with Crippen LogP contribution < -0.4 is 10.2 Å². The Morgan fingerprint density at radius 3 is 2.71 bits per heavy atom. The number of aromatic nitrogens is 1. The first-order chi connectivity index (χ1) is 8.17. The highest BCUT2D eigenvalue weighted by atomic mass is 32.1. The number of anilines is 1. The minimum atomic E-state index is 0.853. The van der Waals surface area contributed by atoms with Gasteiger partial charge in [0.15, 0.2) is 5.13 Å². The van der Waals surface area contributed by atoms with E-state index >= 15 is 0 Å². The molecule has 1 heterocycles. The first-order valence-corrected chi connectivity index (χ1v) is 7.04. The van der Waals surface area contributed by atoms with Crippen LogP contribution >= 0.6 is 11.3 Å². The molecule has 0 bridgehead atoms. The molecule has 0 saturated heterocycles. The van der Waals surface area contributed by atoms with Crippen LogP contribution in [0.1, 0.15) is 19.0 Å². The lowest BCUT2D eigenvalue weighted by Crippen LogP contribution is -2.27. The second-order valence-corrected chi connectivity index (χ2v) is 5.22. The number of hydrogen-bond acceptors (Lipinski definition) is 5. The van der Waals surface area contributed by atoms with E-state index in [0.717, 1.165) is 37.0 Å². The van der Waals surface area contributed by atoms with Crippen LogP contribution in [0, 0.1) is 0 Å². The van der Waals surface area contributed by atoms with Crippen LogP contribution in [-0.2, 0) is 6.54 Å². The average molecular weight is 256 g/mol. The Hall–Kier alpha value is -0.650. The zero-order valence-corrected chi connectivity index (χ0v) is 12.2. The summed E-state index contributed by atoms with van der Waals surface area (Å²) in [6.07, 6.45) is 1.18. The van der Waals surface area contributed by atoms with Crippen LogP contribution in [0.5, 0.6) is 0 Å². The Bertz CT molecular complexity index is 311. The monoisotopic (exact) mass is 256 g/mol. The molecule has 1 aromatic rings. The summed E-state index contributed by atoms with van der Waals surface area (Å²) in [4.78, 5) is 9.22. The van der Waals surface area contributed by atoms with Crippen molar-refractivity contribution in [3.05, 3.63) is 11.1 Å². The van der Waals surface area contributed by atoms with Crippen molar-refractivity contribution in [2.45, 2.75) is 19.9 Å². The molecule has 4 nitrogen and oxygen atoms in total. The molecule has 0 aliphatic rings. The summed E-state index contributed by atoms with van der Waals surface area (Å²) in [6.45, 7) is 6.28. The van der Waals surface area contributed by atoms with Crippen molar-refractivity contribution in [1.29, 1.82) is 0 Å². The molecule has 98 valence electrons. The summed E-state index contributed by atoms with van der Waals surface area (Å²) >= 11 is 1.74. The second-order valence-electron chi connectivity index (χ2n) is 4.39. The van der Waals surface area contributed by atoms with E-state index in [0.29, 0.717) is 0 Å².